The average molecular weight is 502 g/mol. The first kappa shape index (κ1) is 23.5. The molecule has 4 aromatic rings. The Morgan fingerprint density at radius 2 is 1.32 bits per heavy atom. The van der Waals surface area contributed by atoms with E-state index in [4.69, 9.17) is 39.9 Å². The molecular formula is C18H12Cl3F5N4O. The number of hydrogen-bond donors (Lipinski definition) is 1. The van der Waals surface area contributed by atoms with E-state index in [2.05, 4.69) is 9.97 Å². The van der Waals surface area contributed by atoms with Crippen molar-refractivity contribution in [3.63, 3.8) is 0 Å². The summed E-state index contributed by atoms with van der Waals surface area (Å²) < 4.78 is 66.7. The Morgan fingerprint density at radius 3 is 1.74 bits per heavy atom. The van der Waals surface area contributed by atoms with Crippen LogP contribution < -0.4 is 0 Å². The van der Waals surface area contributed by atoms with Crippen LogP contribution in [0.25, 0.3) is 11.0 Å². The van der Waals surface area contributed by atoms with Gasteiger partial charge in [-0.15, -0.1) is 11.6 Å². The molecule has 5 nitrogen and oxygen atoms in total. The predicted molar refractivity (Wildman–Crippen MR) is 106 cm³/mol. The zero-order chi connectivity index (χ0) is 23.1. The summed E-state index contributed by atoms with van der Waals surface area (Å²) in [6, 6.07) is 2.66. The topological polar surface area (TPSA) is 54.8 Å². The van der Waals surface area contributed by atoms with Gasteiger partial charge >= 0.3 is 6.18 Å². The van der Waals surface area contributed by atoms with Crippen molar-refractivity contribution in [2.45, 2.75) is 24.6 Å². The molecule has 2 unspecified atom stereocenters. The zero-order valence-electron chi connectivity index (χ0n) is 15.4. The SMILES string of the molecule is CC(Cl)c1ncn2ccc(Cl)c(F)c12.OC(c1ncn2ccc(Cl)c(F)c12)C(F)(F)F. The Balaban J connectivity index is 0.000000179. The highest BCUT2D eigenvalue weighted by atomic mass is 35.5. The van der Waals surface area contributed by atoms with Gasteiger partial charge in [0.15, 0.2) is 17.7 Å². The first-order valence-electron chi connectivity index (χ1n) is 8.43. The Bertz CT molecular complexity index is 1240. The highest BCUT2D eigenvalue weighted by molar-refractivity contribution is 6.31. The minimum atomic E-state index is -4.91. The molecule has 4 aromatic heterocycles. The average Bonchev–Trinajstić information content (AvgIpc) is 3.32. The highest BCUT2D eigenvalue weighted by Gasteiger charge is 2.42. The van der Waals surface area contributed by atoms with E-state index in [1.54, 1.807) is 17.5 Å². The molecule has 31 heavy (non-hydrogen) atoms. The van der Waals surface area contributed by atoms with E-state index < -0.39 is 35.1 Å². The van der Waals surface area contributed by atoms with E-state index in [-0.39, 0.29) is 15.4 Å². The maximum Gasteiger partial charge on any atom is 0.420 e. The standard InChI is InChI=1S/C9H7Cl2FN2.C9H5ClF4N2O/c1-5(10)8-9-7(12)6(11)2-3-14(9)4-13-8;10-4-1-2-16-3-15-6(7(16)5(4)11)8(17)9(12,13)14/h2-5H,1H3;1-3,8,17H. The molecule has 166 valence electrons. The summed E-state index contributed by atoms with van der Waals surface area (Å²) in [6.45, 7) is 1.74. The monoisotopic (exact) mass is 500 g/mol. The number of hydrogen-bond acceptors (Lipinski definition) is 3. The predicted octanol–water partition coefficient (Wildman–Crippen LogP) is 6.15. The number of halogens is 8. The van der Waals surface area contributed by atoms with Crippen LogP contribution in [0.4, 0.5) is 22.0 Å². The number of rotatable bonds is 2. The molecule has 4 rings (SSSR count). The molecule has 2 atom stereocenters. The van der Waals surface area contributed by atoms with E-state index in [1.165, 1.54) is 24.7 Å². The number of pyridine rings is 2. The third kappa shape index (κ3) is 4.57. The minimum absolute atomic E-state index is 0.0802. The smallest absolute Gasteiger partial charge is 0.378 e. The Morgan fingerprint density at radius 1 is 0.903 bits per heavy atom. The molecule has 0 aromatic carbocycles. The van der Waals surface area contributed by atoms with E-state index >= 15 is 0 Å². The van der Waals surface area contributed by atoms with Crippen LogP contribution in [0.5, 0.6) is 0 Å². The second kappa shape index (κ2) is 8.78. The van der Waals surface area contributed by atoms with Crippen molar-refractivity contribution in [1.82, 2.24) is 18.8 Å². The van der Waals surface area contributed by atoms with E-state index in [0.717, 1.165) is 10.7 Å². The van der Waals surface area contributed by atoms with Crippen molar-refractivity contribution in [3.8, 4) is 0 Å². The highest BCUT2D eigenvalue weighted by Crippen LogP contribution is 2.35. The van der Waals surface area contributed by atoms with Gasteiger partial charge in [0.2, 0.25) is 0 Å². The van der Waals surface area contributed by atoms with Crippen molar-refractivity contribution in [1.29, 1.82) is 0 Å². The Kier molecular flexibility index (Phi) is 6.66. The van der Waals surface area contributed by atoms with Gasteiger partial charge in [-0.2, -0.15) is 13.2 Å². The van der Waals surface area contributed by atoms with Crippen LogP contribution in [0.3, 0.4) is 0 Å². The first-order valence-corrected chi connectivity index (χ1v) is 9.62. The molecule has 0 radical (unpaired) electrons. The Hall–Kier alpha value is -2.14. The quantitative estimate of drug-likeness (QED) is 0.265. The molecule has 0 saturated heterocycles. The van der Waals surface area contributed by atoms with Crippen LogP contribution in [-0.2, 0) is 0 Å². The molecule has 0 amide bonds. The number of aliphatic hydroxyl groups excluding tert-OH is 1. The number of fused-ring (bicyclic) bond motifs is 2. The van der Waals surface area contributed by atoms with Crippen molar-refractivity contribution in [2.24, 2.45) is 0 Å². The molecule has 4 heterocycles. The van der Waals surface area contributed by atoms with Crippen LogP contribution in [-0.4, -0.2) is 30.1 Å². The summed E-state index contributed by atoms with van der Waals surface area (Å²) in [5, 5.41) is 8.45. The van der Waals surface area contributed by atoms with Crippen LogP contribution in [0, 0.1) is 11.6 Å². The fourth-order valence-corrected chi connectivity index (χ4v) is 3.19. The van der Waals surface area contributed by atoms with E-state index in [9.17, 15) is 22.0 Å². The molecule has 0 aliphatic rings. The summed E-state index contributed by atoms with van der Waals surface area (Å²) in [5.74, 6) is -1.53. The molecule has 0 spiro atoms. The van der Waals surface area contributed by atoms with Gasteiger partial charge < -0.3 is 13.9 Å². The zero-order valence-corrected chi connectivity index (χ0v) is 17.6. The van der Waals surface area contributed by atoms with Gasteiger partial charge in [-0.3, -0.25) is 0 Å². The van der Waals surface area contributed by atoms with Gasteiger partial charge in [0, 0.05) is 12.4 Å². The number of imidazole rings is 2. The second-order valence-electron chi connectivity index (χ2n) is 6.29. The summed E-state index contributed by atoms with van der Waals surface area (Å²) >= 11 is 17.0. The maximum absolute atomic E-state index is 13.6. The third-order valence-electron chi connectivity index (χ3n) is 4.19. The number of aliphatic hydroxyl groups is 1. The lowest BCUT2D eigenvalue weighted by atomic mass is 10.2. The summed E-state index contributed by atoms with van der Waals surface area (Å²) in [5.41, 5.74) is -0.438. The normalized spacial score (nSPS) is 13.9. The fraction of sp³-hybridized carbons (Fsp3) is 0.222. The lowest BCUT2D eigenvalue weighted by molar-refractivity contribution is -0.207. The molecule has 1 N–H and O–H groups in total. The fourth-order valence-electron chi connectivity index (χ4n) is 2.74. The van der Waals surface area contributed by atoms with Crippen LogP contribution in [0.1, 0.15) is 29.8 Å². The molecular weight excluding hydrogens is 490 g/mol. The van der Waals surface area contributed by atoms with E-state index in [0.29, 0.717) is 11.2 Å². The van der Waals surface area contributed by atoms with Crippen LogP contribution in [0.2, 0.25) is 10.0 Å². The van der Waals surface area contributed by atoms with Gasteiger partial charge in [-0.05, 0) is 19.1 Å². The number of alkyl halides is 4. The minimum Gasteiger partial charge on any atom is -0.378 e. The van der Waals surface area contributed by atoms with E-state index in [1.807, 2.05) is 0 Å². The summed E-state index contributed by atoms with van der Waals surface area (Å²) in [6.07, 6.45) is -2.37. The second-order valence-corrected chi connectivity index (χ2v) is 7.76. The third-order valence-corrected chi connectivity index (χ3v) is 4.98. The molecule has 0 aliphatic heterocycles. The van der Waals surface area contributed by atoms with Crippen molar-refractivity contribution in [3.05, 3.63) is 70.2 Å². The summed E-state index contributed by atoms with van der Waals surface area (Å²) in [4.78, 5) is 7.39. The largest absolute Gasteiger partial charge is 0.420 e. The van der Waals surface area contributed by atoms with Crippen molar-refractivity contribution < 1.29 is 27.1 Å². The van der Waals surface area contributed by atoms with Gasteiger partial charge in [0.05, 0.1) is 33.8 Å². The van der Waals surface area contributed by atoms with Gasteiger partial charge in [0.25, 0.3) is 0 Å². The first-order chi connectivity index (χ1) is 14.4. The van der Waals surface area contributed by atoms with Crippen LogP contribution >= 0.6 is 34.8 Å². The van der Waals surface area contributed by atoms with Crippen LogP contribution in [0.15, 0.2) is 37.2 Å². The molecule has 0 aliphatic carbocycles. The molecule has 0 saturated carbocycles. The Labute approximate surface area is 186 Å². The maximum atomic E-state index is 13.6. The van der Waals surface area contributed by atoms with Gasteiger partial charge in [0.1, 0.15) is 16.7 Å². The molecule has 0 fully saturated rings. The number of aromatic nitrogens is 4. The summed E-state index contributed by atoms with van der Waals surface area (Å²) in [7, 11) is 0. The lowest BCUT2D eigenvalue weighted by Crippen LogP contribution is -2.21. The molecule has 0 bridgehead atoms. The van der Waals surface area contributed by atoms with Crippen molar-refractivity contribution >= 4 is 45.8 Å². The van der Waals surface area contributed by atoms with Gasteiger partial charge in [-0.1, -0.05) is 23.2 Å². The lowest BCUT2D eigenvalue weighted by Gasteiger charge is -2.12. The number of nitrogens with zero attached hydrogens (tertiary/aromatic N) is 4. The molecule has 13 heteroatoms. The van der Waals surface area contributed by atoms with Crippen molar-refractivity contribution in [2.75, 3.05) is 0 Å². The van der Waals surface area contributed by atoms with Gasteiger partial charge in [-0.25, -0.2) is 18.7 Å².